The number of nitrogens with two attached hydrogens (primary N) is 1. The Morgan fingerprint density at radius 3 is 2.53 bits per heavy atom. The summed E-state index contributed by atoms with van der Waals surface area (Å²) in [6, 6.07) is 0. The minimum atomic E-state index is -0.500. The van der Waals surface area contributed by atoms with Crippen molar-refractivity contribution in [3.8, 4) is 0 Å². The van der Waals surface area contributed by atoms with Crippen LogP contribution in [0.3, 0.4) is 0 Å². The summed E-state index contributed by atoms with van der Waals surface area (Å²) in [6.45, 7) is 13.4. The Morgan fingerprint density at radius 1 is 1.53 bits per heavy atom. The van der Waals surface area contributed by atoms with Crippen molar-refractivity contribution in [2.75, 3.05) is 0 Å². The molecular weight excluding hydrogens is 253 g/mol. The first-order chi connectivity index (χ1) is 8.70. The number of hydrogen-bond acceptors (Lipinski definition) is 1. The smallest absolute Gasteiger partial charge is 0.229 e. The van der Waals surface area contributed by atoms with Gasteiger partial charge in [-0.1, -0.05) is 42.5 Å². The van der Waals surface area contributed by atoms with Crippen molar-refractivity contribution in [2.24, 2.45) is 11.7 Å². The molecule has 3 heteroatoms. The summed E-state index contributed by atoms with van der Waals surface area (Å²) in [6.07, 6.45) is 6.05. The number of carbonyl (C=O) groups is 1. The fraction of sp³-hybridized carbons (Fsp3) is 0.750. The Labute approximate surface area is 119 Å². The zero-order valence-electron chi connectivity index (χ0n) is 13.2. The molecule has 1 aliphatic heterocycles. The topological polar surface area (TPSA) is 43.1 Å². The lowest BCUT2D eigenvalue weighted by molar-refractivity contribution is -0.116. The Balaban J connectivity index is 3.30. The maximum Gasteiger partial charge on any atom is 0.229 e. The van der Waals surface area contributed by atoms with Crippen LogP contribution in [0.25, 0.3) is 0 Å². The molecule has 0 bridgehead atoms. The summed E-state index contributed by atoms with van der Waals surface area (Å²) < 4.78 is 0. The van der Waals surface area contributed by atoms with Gasteiger partial charge in [-0.2, -0.15) is 0 Å². The standard InChI is InChI=1S/C16H28NOP/c1-7-9-10-13(14(17)18)19-15(4,5)12(3)11-16(19,6)8-2/h7,10,12-13H,8,11H2,1-6H3,(H2,17,18)/t9?,12-,13-,16?,19+/m0/s1. The van der Waals surface area contributed by atoms with E-state index in [1.165, 1.54) is 6.42 Å². The van der Waals surface area contributed by atoms with Crippen LogP contribution in [-0.4, -0.2) is 21.9 Å². The van der Waals surface area contributed by atoms with Gasteiger partial charge in [0.05, 0.1) is 5.66 Å². The first kappa shape index (κ1) is 16.5. The fourth-order valence-electron chi connectivity index (χ4n) is 3.42. The highest BCUT2D eigenvalue weighted by atomic mass is 31.1. The van der Waals surface area contributed by atoms with Crippen LogP contribution < -0.4 is 5.73 Å². The van der Waals surface area contributed by atoms with E-state index in [9.17, 15) is 4.79 Å². The predicted molar refractivity (Wildman–Crippen MR) is 84.8 cm³/mol. The van der Waals surface area contributed by atoms with Gasteiger partial charge in [0, 0.05) is 0 Å². The van der Waals surface area contributed by atoms with Gasteiger partial charge in [-0.3, -0.25) is 4.79 Å². The third-order valence-corrected chi connectivity index (χ3v) is 9.21. The van der Waals surface area contributed by atoms with E-state index < -0.39 is 7.92 Å². The highest BCUT2D eigenvalue weighted by molar-refractivity contribution is 7.63. The van der Waals surface area contributed by atoms with Crippen LogP contribution in [0.4, 0.5) is 0 Å². The second-order valence-electron chi connectivity index (χ2n) is 6.45. The Morgan fingerprint density at radius 2 is 2.11 bits per heavy atom. The molecule has 108 valence electrons. The van der Waals surface area contributed by atoms with Crippen molar-refractivity contribution in [2.45, 2.75) is 70.4 Å². The van der Waals surface area contributed by atoms with Gasteiger partial charge in [-0.25, -0.2) is 0 Å². The van der Waals surface area contributed by atoms with E-state index in [1.807, 2.05) is 19.1 Å². The molecule has 2 N–H and O–H groups in total. The molecule has 0 saturated carbocycles. The summed E-state index contributed by atoms with van der Waals surface area (Å²) in [4.78, 5) is 11.9. The molecule has 1 unspecified atom stereocenters. The van der Waals surface area contributed by atoms with Gasteiger partial charge < -0.3 is 5.73 Å². The van der Waals surface area contributed by atoms with Crippen molar-refractivity contribution in [3.05, 3.63) is 17.9 Å². The molecule has 0 aromatic carbocycles. The Bertz CT molecular complexity index is 409. The number of amides is 1. The lowest BCUT2D eigenvalue weighted by atomic mass is 9.88. The lowest BCUT2D eigenvalue weighted by Crippen LogP contribution is -2.36. The van der Waals surface area contributed by atoms with E-state index in [0.29, 0.717) is 5.92 Å². The number of carbonyl (C=O) groups excluding carboxylic acids is 1. The van der Waals surface area contributed by atoms with E-state index in [0.717, 1.165) is 6.42 Å². The molecule has 1 saturated heterocycles. The Kier molecular flexibility index (Phi) is 5.04. The molecule has 1 amide bonds. The number of primary amides is 1. The second-order valence-corrected chi connectivity index (χ2v) is 9.98. The molecule has 1 aliphatic rings. The monoisotopic (exact) mass is 281 g/mol. The lowest BCUT2D eigenvalue weighted by Gasteiger charge is -2.41. The minimum Gasteiger partial charge on any atom is -0.369 e. The molecule has 0 aliphatic carbocycles. The highest BCUT2D eigenvalue weighted by Crippen LogP contribution is 2.73. The Hall–Kier alpha value is -0.580. The van der Waals surface area contributed by atoms with Gasteiger partial charge in [0.2, 0.25) is 5.91 Å². The van der Waals surface area contributed by atoms with Gasteiger partial charge >= 0.3 is 0 Å². The average Bonchev–Trinajstić information content (AvgIpc) is 2.49. The zero-order valence-corrected chi connectivity index (χ0v) is 14.1. The SMILES string of the molecule is CC=C=C[C@@H](C(N)=O)[P@@]1C(C)(CC)C[C@H](C)C1(C)C. The zero-order chi connectivity index (χ0) is 14.8. The third-order valence-electron chi connectivity index (χ3n) is 4.91. The predicted octanol–water partition coefficient (Wildman–Crippen LogP) is 4.04. The quantitative estimate of drug-likeness (QED) is 0.613. The number of rotatable bonds is 4. The average molecular weight is 281 g/mol. The van der Waals surface area contributed by atoms with E-state index >= 15 is 0 Å². The molecule has 4 atom stereocenters. The van der Waals surface area contributed by atoms with Gasteiger partial charge in [-0.15, -0.1) is 5.73 Å². The van der Waals surface area contributed by atoms with Gasteiger partial charge in [0.1, 0.15) is 0 Å². The van der Waals surface area contributed by atoms with Crippen LogP contribution in [0.2, 0.25) is 0 Å². The van der Waals surface area contributed by atoms with Gasteiger partial charge in [0.25, 0.3) is 0 Å². The summed E-state index contributed by atoms with van der Waals surface area (Å²) in [5.74, 6) is 0.437. The van der Waals surface area contributed by atoms with Crippen molar-refractivity contribution in [1.82, 2.24) is 0 Å². The van der Waals surface area contributed by atoms with Crippen LogP contribution in [-0.2, 0) is 4.79 Å². The number of hydrogen-bond donors (Lipinski definition) is 1. The van der Waals surface area contributed by atoms with Crippen LogP contribution in [0.5, 0.6) is 0 Å². The molecular formula is C16H28NOP. The normalized spacial score (nSPS) is 34.4. The fourth-order valence-corrected chi connectivity index (χ4v) is 8.07. The second kappa shape index (κ2) is 5.81. The first-order valence-corrected chi connectivity index (χ1v) is 8.57. The van der Waals surface area contributed by atoms with Crippen molar-refractivity contribution in [3.63, 3.8) is 0 Å². The summed E-state index contributed by atoms with van der Waals surface area (Å²) in [5, 5.41) is 0.426. The van der Waals surface area contributed by atoms with Crippen LogP contribution >= 0.6 is 7.92 Å². The molecule has 0 aromatic heterocycles. The molecule has 1 heterocycles. The molecule has 0 radical (unpaired) electrons. The third kappa shape index (κ3) is 2.96. The van der Waals surface area contributed by atoms with Crippen LogP contribution in [0.15, 0.2) is 17.9 Å². The highest BCUT2D eigenvalue weighted by Gasteiger charge is 2.55. The maximum absolute atomic E-state index is 11.9. The van der Waals surface area contributed by atoms with Gasteiger partial charge in [0.15, 0.2) is 0 Å². The molecule has 2 nitrogen and oxygen atoms in total. The maximum atomic E-state index is 11.9. The van der Waals surface area contributed by atoms with Crippen LogP contribution in [0, 0.1) is 5.92 Å². The van der Waals surface area contributed by atoms with Crippen molar-refractivity contribution >= 4 is 13.8 Å². The van der Waals surface area contributed by atoms with Crippen LogP contribution in [0.1, 0.15) is 54.4 Å². The molecule has 1 fully saturated rings. The van der Waals surface area contributed by atoms with Crippen molar-refractivity contribution < 1.29 is 4.79 Å². The minimum absolute atomic E-state index is 0.156. The van der Waals surface area contributed by atoms with Crippen molar-refractivity contribution in [1.29, 1.82) is 0 Å². The first-order valence-electron chi connectivity index (χ1n) is 7.16. The van der Waals surface area contributed by atoms with E-state index in [4.69, 9.17) is 5.73 Å². The van der Waals surface area contributed by atoms with E-state index in [2.05, 4.69) is 40.3 Å². The molecule has 19 heavy (non-hydrogen) atoms. The molecule has 0 spiro atoms. The summed E-state index contributed by atoms with van der Waals surface area (Å²) >= 11 is 0. The van der Waals surface area contributed by atoms with Gasteiger partial charge in [-0.05, 0) is 48.1 Å². The summed E-state index contributed by atoms with van der Waals surface area (Å²) in [7, 11) is -0.500. The van der Waals surface area contributed by atoms with E-state index in [1.54, 1.807) is 0 Å². The molecule has 0 aromatic rings. The summed E-state index contributed by atoms with van der Waals surface area (Å²) in [5.41, 5.74) is 8.62. The molecule has 1 rings (SSSR count). The van der Waals surface area contributed by atoms with E-state index in [-0.39, 0.29) is 21.9 Å². The largest absolute Gasteiger partial charge is 0.369 e.